The van der Waals surface area contributed by atoms with Gasteiger partial charge in [-0.3, -0.25) is 0 Å². The van der Waals surface area contributed by atoms with E-state index in [2.05, 4.69) is 20.8 Å². The summed E-state index contributed by atoms with van der Waals surface area (Å²) >= 11 is -2.31. The molecule has 0 aromatic heterocycles. The number of halogens is 3. The van der Waals surface area contributed by atoms with Crippen LogP contribution < -0.4 is 0 Å². The van der Waals surface area contributed by atoms with Crippen LogP contribution in [0.2, 0.25) is 13.3 Å². The number of rotatable bonds is 13. The van der Waals surface area contributed by atoms with Gasteiger partial charge >= 0.3 is 162 Å². The van der Waals surface area contributed by atoms with E-state index in [1.54, 1.807) is 12.1 Å². The first-order valence-corrected chi connectivity index (χ1v) is 18.2. The third kappa shape index (κ3) is 8.64. The Kier molecular flexibility index (Phi) is 11.2. The second kappa shape index (κ2) is 12.3. The molecule has 150 valence electrons. The van der Waals surface area contributed by atoms with Crippen LogP contribution in [0.5, 0.6) is 0 Å². The summed E-state index contributed by atoms with van der Waals surface area (Å²) in [4.78, 5) is 0. The molecule has 0 N–H and O–H groups in total. The first-order valence-electron chi connectivity index (χ1n) is 10.1. The van der Waals surface area contributed by atoms with Gasteiger partial charge in [-0.2, -0.15) is 0 Å². The van der Waals surface area contributed by atoms with Crippen LogP contribution in [-0.4, -0.2) is 23.0 Å². The monoisotopic (exact) mass is 480 g/mol. The number of hydrogen-bond donors (Lipinski definition) is 0. The van der Waals surface area contributed by atoms with E-state index in [-0.39, 0.29) is 0 Å². The van der Waals surface area contributed by atoms with Gasteiger partial charge in [0.1, 0.15) is 0 Å². The predicted octanol–water partition coefficient (Wildman–Crippen LogP) is 7.61. The Bertz CT molecular complexity index is 463. The zero-order valence-electron chi connectivity index (χ0n) is 16.6. The van der Waals surface area contributed by atoms with Gasteiger partial charge in [0.2, 0.25) is 0 Å². The molecule has 0 bridgehead atoms. The molecule has 0 saturated carbocycles. The quantitative estimate of drug-likeness (QED) is 0.265. The molecule has 0 amide bonds. The summed E-state index contributed by atoms with van der Waals surface area (Å²) in [6, 6.07) is 5.40. The van der Waals surface area contributed by atoms with Gasteiger partial charge in [0.25, 0.3) is 0 Å². The Morgan fingerprint density at radius 2 is 1.27 bits per heavy atom. The molecule has 1 aromatic rings. The Labute approximate surface area is 161 Å². The molecule has 0 fully saturated rings. The molecular weight excluding hydrogens is 444 g/mol. The standard InChI is InChI=1S/C9H8F3O.3C4H9.Sn/c1-13-6-7-2-4-8(5-3-7)9(10,11)12;3*1-3-4-2;/h2-5H,1,6H2;3*1,3-4H2,2H3;. The Balaban J connectivity index is 2.68. The van der Waals surface area contributed by atoms with Crippen molar-refractivity contribution in [1.29, 1.82) is 0 Å². The second-order valence-electron chi connectivity index (χ2n) is 7.50. The number of hydrogen-bond acceptors (Lipinski definition) is 1. The fraction of sp³-hybridized carbons (Fsp3) is 0.714. The van der Waals surface area contributed by atoms with Crippen molar-refractivity contribution >= 4 is 18.4 Å². The summed E-state index contributed by atoms with van der Waals surface area (Å²) in [5, 5.41) is 0. The number of ether oxygens (including phenoxy) is 1. The maximum absolute atomic E-state index is 12.7. The van der Waals surface area contributed by atoms with Gasteiger partial charge in [0, 0.05) is 0 Å². The van der Waals surface area contributed by atoms with Gasteiger partial charge in [-0.15, -0.1) is 0 Å². The first kappa shape index (κ1) is 23.8. The van der Waals surface area contributed by atoms with E-state index < -0.39 is 30.1 Å². The Morgan fingerprint density at radius 3 is 1.65 bits per heavy atom. The Hall–Kier alpha value is -0.231. The van der Waals surface area contributed by atoms with Gasteiger partial charge in [-0.05, 0) is 0 Å². The van der Waals surface area contributed by atoms with Crippen molar-refractivity contribution in [3.8, 4) is 0 Å². The van der Waals surface area contributed by atoms with Crippen molar-refractivity contribution in [2.24, 2.45) is 0 Å². The van der Waals surface area contributed by atoms with Gasteiger partial charge in [0.15, 0.2) is 0 Å². The predicted molar refractivity (Wildman–Crippen MR) is 106 cm³/mol. The van der Waals surface area contributed by atoms with Crippen molar-refractivity contribution < 1.29 is 17.9 Å². The summed E-state index contributed by atoms with van der Waals surface area (Å²) in [5.74, 6) is 0. The minimum atomic E-state index is -4.27. The number of alkyl halides is 3. The average Bonchev–Trinajstić information content (AvgIpc) is 2.62. The van der Waals surface area contributed by atoms with Crippen molar-refractivity contribution in [1.82, 2.24) is 0 Å². The fourth-order valence-electron chi connectivity index (χ4n) is 3.42. The molecule has 0 aliphatic carbocycles. The van der Waals surface area contributed by atoms with Gasteiger partial charge in [-0.25, -0.2) is 0 Å². The van der Waals surface area contributed by atoms with Crippen molar-refractivity contribution in [2.75, 3.05) is 4.62 Å². The van der Waals surface area contributed by atoms with Crippen LogP contribution in [0.3, 0.4) is 0 Å². The maximum atomic E-state index is 12.7. The van der Waals surface area contributed by atoms with E-state index in [4.69, 9.17) is 4.74 Å². The molecule has 1 aromatic carbocycles. The van der Waals surface area contributed by atoms with Crippen LogP contribution in [-0.2, 0) is 17.5 Å². The summed E-state index contributed by atoms with van der Waals surface area (Å²) in [5.41, 5.74) is 0.239. The van der Waals surface area contributed by atoms with Crippen LogP contribution in [0.15, 0.2) is 24.3 Å². The molecule has 0 aliphatic rings. The van der Waals surface area contributed by atoms with E-state index in [1.165, 1.54) is 51.8 Å². The number of benzene rings is 1. The van der Waals surface area contributed by atoms with Crippen LogP contribution in [0, 0.1) is 0 Å². The summed E-state index contributed by atoms with van der Waals surface area (Å²) in [7, 11) is 0. The van der Waals surface area contributed by atoms with Gasteiger partial charge in [-0.1, -0.05) is 0 Å². The third-order valence-electron chi connectivity index (χ3n) is 5.14. The van der Waals surface area contributed by atoms with Gasteiger partial charge in [0.05, 0.1) is 0 Å². The molecule has 0 saturated heterocycles. The molecule has 1 nitrogen and oxygen atoms in total. The van der Waals surface area contributed by atoms with Crippen molar-refractivity contribution in [2.45, 2.75) is 85.4 Å². The average molecular weight is 479 g/mol. The normalized spacial score (nSPS) is 12.5. The fourth-order valence-corrected chi connectivity index (χ4v) is 17.8. The molecule has 0 aliphatic heterocycles. The van der Waals surface area contributed by atoms with E-state index in [1.807, 2.05) is 0 Å². The van der Waals surface area contributed by atoms with Crippen LogP contribution in [0.4, 0.5) is 13.2 Å². The Morgan fingerprint density at radius 1 is 0.808 bits per heavy atom. The summed E-state index contributed by atoms with van der Waals surface area (Å²) < 4.78 is 49.2. The SMILES string of the molecule is CCC[CH2][Sn]([CH2]CCC)([CH2]CCC)[CH2]OCc1ccc(C(F)(F)F)cc1. The van der Waals surface area contributed by atoms with Crippen LogP contribution in [0.1, 0.15) is 70.4 Å². The number of unbranched alkanes of at least 4 members (excludes halogenated alkanes) is 3. The summed E-state index contributed by atoms with van der Waals surface area (Å²) in [6.07, 6.45) is 3.32. The van der Waals surface area contributed by atoms with Crippen LogP contribution in [0.25, 0.3) is 0 Å². The molecule has 5 heteroatoms. The molecule has 0 unspecified atom stereocenters. The van der Waals surface area contributed by atoms with E-state index in [0.717, 1.165) is 22.3 Å². The third-order valence-corrected chi connectivity index (χ3v) is 19.6. The zero-order valence-corrected chi connectivity index (χ0v) is 19.5. The molecule has 1 rings (SSSR count). The zero-order chi connectivity index (χ0) is 19.5. The van der Waals surface area contributed by atoms with E-state index in [0.29, 0.717) is 6.61 Å². The van der Waals surface area contributed by atoms with E-state index in [9.17, 15) is 13.2 Å². The van der Waals surface area contributed by atoms with Crippen molar-refractivity contribution in [3.63, 3.8) is 0 Å². The first-order chi connectivity index (χ1) is 12.4. The topological polar surface area (TPSA) is 9.23 Å². The molecule has 0 spiro atoms. The molecule has 26 heavy (non-hydrogen) atoms. The molecule has 0 radical (unpaired) electrons. The van der Waals surface area contributed by atoms with Gasteiger partial charge < -0.3 is 0 Å². The molecular formula is C21H35F3OSn. The molecule has 0 atom stereocenters. The van der Waals surface area contributed by atoms with Crippen molar-refractivity contribution in [3.05, 3.63) is 35.4 Å². The van der Waals surface area contributed by atoms with Crippen LogP contribution >= 0.6 is 0 Å². The van der Waals surface area contributed by atoms with E-state index >= 15 is 0 Å². The molecule has 0 heterocycles. The second-order valence-corrected chi connectivity index (χ2v) is 21.2. The summed E-state index contributed by atoms with van der Waals surface area (Å²) in [6.45, 7) is 7.18. The minimum absolute atomic E-state index is 0.432.